The molecule has 2 heterocycles. The van der Waals surface area contributed by atoms with Crippen molar-refractivity contribution in [1.82, 2.24) is 14.6 Å². The fourth-order valence-corrected chi connectivity index (χ4v) is 2.83. The maximum atomic E-state index is 12.8. The van der Waals surface area contributed by atoms with Crippen LogP contribution in [-0.2, 0) is 6.18 Å². The van der Waals surface area contributed by atoms with Gasteiger partial charge in [-0.3, -0.25) is 4.40 Å². The molecule has 0 saturated heterocycles. The summed E-state index contributed by atoms with van der Waals surface area (Å²) in [5.74, 6) is 1.94. The molecule has 0 amide bonds. The number of thioether (sulfide) groups is 1. The van der Waals surface area contributed by atoms with Crippen LogP contribution in [0.1, 0.15) is 5.56 Å². The van der Waals surface area contributed by atoms with Crippen molar-refractivity contribution in [1.29, 1.82) is 0 Å². The summed E-state index contributed by atoms with van der Waals surface area (Å²) in [7, 11) is 1.58. The molecule has 0 fully saturated rings. The van der Waals surface area contributed by atoms with Crippen molar-refractivity contribution in [3.8, 4) is 11.5 Å². The first-order valence-electron chi connectivity index (χ1n) is 7.29. The Morgan fingerprint density at radius 3 is 2.44 bits per heavy atom. The maximum Gasteiger partial charge on any atom is 0.417 e. The number of ether oxygens (including phenoxy) is 2. The molecule has 2 aromatic heterocycles. The molecule has 1 aromatic carbocycles. The predicted molar refractivity (Wildman–Crippen MR) is 87.2 cm³/mol. The van der Waals surface area contributed by atoms with Gasteiger partial charge in [0.25, 0.3) is 0 Å². The van der Waals surface area contributed by atoms with Crippen molar-refractivity contribution in [2.75, 3.05) is 19.5 Å². The first-order valence-corrected chi connectivity index (χ1v) is 8.27. The van der Waals surface area contributed by atoms with E-state index in [-0.39, 0.29) is 0 Å². The monoisotopic (exact) mass is 369 g/mol. The van der Waals surface area contributed by atoms with E-state index in [9.17, 15) is 13.2 Å². The van der Waals surface area contributed by atoms with Crippen molar-refractivity contribution in [2.45, 2.75) is 11.3 Å². The third-order valence-electron chi connectivity index (χ3n) is 3.34. The molecule has 25 heavy (non-hydrogen) atoms. The molecule has 0 atom stereocenters. The van der Waals surface area contributed by atoms with Crippen LogP contribution < -0.4 is 9.47 Å². The van der Waals surface area contributed by atoms with Gasteiger partial charge >= 0.3 is 6.18 Å². The van der Waals surface area contributed by atoms with Crippen molar-refractivity contribution < 1.29 is 22.6 Å². The molecule has 0 radical (unpaired) electrons. The van der Waals surface area contributed by atoms with E-state index >= 15 is 0 Å². The number of benzene rings is 1. The van der Waals surface area contributed by atoms with E-state index in [2.05, 4.69) is 10.2 Å². The molecule has 3 rings (SSSR count). The van der Waals surface area contributed by atoms with Gasteiger partial charge in [0, 0.05) is 11.9 Å². The number of pyridine rings is 1. The highest BCUT2D eigenvalue weighted by atomic mass is 32.2. The summed E-state index contributed by atoms with van der Waals surface area (Å²) in [6.45, 7) is 0.380. The summed E-state index contributed by atoms with van der Waals surface area (Å²) in [6.07, 6.45) is -3.40. The van der Waals surface area contributed by atoms with Crippen LogP contribution in [-0.4, -0.2) is 34.1 Å². The Kier molecular flexibility index (Phi) is 5.03. The molecule has 0 saturated carbocycles. The van der Waals surface area contributed by atoms with Gasteiger partial charge in [0.05, 0.1) is 19.3 Å². The van der Waals surface area contributed by atoms with Crippen molar-refractivity contribution in [3.05, 3.63) is 48.2 Å². The molecule has 3 aromatic rings. The lowest BCUT2D eigenvalue weighted by Gasteiger charge is -2.08. The predicted octanol–water partition coefficient (Wildman–Crippen LogP) is 3.93. The lowest BCUT2D eigenvalue weighted by Crippen LogP contribution is -2.06. The zero-order valence-electron chi connectivity index (χ0n) is 13.2. The number of alkyl halides is 3. The second-order valence-electron chi connectivity index (χ2n) is 5.00. The summed E-state index contributed by atoms with van der Waals surface area (Å²) < 4.78 is 50.4. The molecule has 0 aliphatic carbocycles. The Morgan fingerprint density at radius 2 is 1.76 bits per heavy atom. The summed E-state index contributed by atoms with van der Waals surface area (Å²) in [5.41, 5.74) is -0.372. The van der Waals surface area contributed by atoms with Crippen LogP contribution in [0, 0.1) is 0 Å². The molecular formula is C16H14F3N3O2S. The smallest absolute Gasteiger partial charge is 0.417 e. The molecule has 0 unspecified atom stereocenters. The van der Waals surface area contributed by atoms with E-state index in [0.717, 1.165) is 18.0 Å². The Bertz CT molecular complexity index is 850. The third-order valence-corrected chi connectivity index (χ3v) is 4.25. The molecule has 0 bridgehead atoms. The maximum absolute atomic E-state index is 12.8. The quantitative estimate of drug-likeness (QED) is 0.487. The van der Waals surface area contributed by atoms with Gasteiger partial charge in [0.1, 0.15) is 11.5 Å². The van der Waals surface area contributed by atoms with Gasteiger partial charge in [-0.15, -0.1) is 10.2 Å². The minimum absolute atomic E-state index is 0.367. The highest BCUT2D eigenvalue weighted by molar-refractivity contribution is 7.99. The lowest BCUT2D eigenvalue weighted by molar-refractivity contribution is -0.137. The standard InChI is InChI=1S/C16H14F3N3O2S/c1-23-12-3-5-13(6-4-12)24-8-9-25-15-21-20-14-7-2-11(10-22(14)15)16(17,18)19/h2-7,10H,8-9H2,1H3. The highest BCUT2D eigenvalue weighted by Gasteiger charge is 2.31. The van der Waals surface area contributed by atoms with Gasteiger partial charge in [-0.1, -0.05) is 11.8 Å². The van der Waals surface area contributed by atoms with Crippen LogP contribution in [0.2, 0.25) is 0 Å². The largest absolute Gasteiger partial charge is 0.497 e. The van der Waals surface area contributed by atoms with Crippen LogP contribution in [0.25, 0.3) is 5.65 Å². The summed E-state index contributed by atoms with van der Waals surface area (Å²) in [6, 6.07) is 9.43. The van der Waals surface area contributed by atoms with Gasteiger partial charge in [-0.25, -0.2) is 0 Å². The number of hydrogen-bond acceptors (Lipinski definition) is 5. The van der Waals surface area contributed by atoms with Crippen LogP contribution in [0.3, 0.4) is 0 Å². The van der Waals surface area contributed by atoms with Gasteiger partial charge in [0.15, 0.2) is 10.8 Å². The molecule has 9 heteroatoms. The molecule has 0 aliphatic heterocycles. The van der Waals surface area contributed by atoms with Gasteiger partial charge in [-0.05, 0) is 36.4 Å². The summed E-state index contributed by atoms with van der Waals surface area (Å²) in [5, 5.41) is 8.18. The van der Waals surface area contributed by atoms with Gasteiger partial charge in [-0.2, -0.15) is 13.2 Å². The Hall–Kier alpha value is -2.42. The van der Waals surface area contributed by atoms with Crippen molar-refractivity contribution in [3.63, 3.8) is 0 Å². The van der Waals surface area contributed by atoms with E-state index in [1.54, 1.807) is 31.4 Å². The fourth-order valence-electron chi connectivity index (χ4n) is 2.10. The number of nitrogens with zero attached hydrogens (tertiary/aromatic N) is 3. The SMILES string of the molecule is COc1ccc(OCCSc2nnc3ccc(C(F)(F)F)cn23)cc1. The van der Waals surface area contributed by atoms with E-state index in [0.29, 0.717) is 28.9 Å². The molecular weight excluding hydrogens is 355 g/mol. The van der Waals surface area contributed by atoms with Gasteiger partial charge in [0.2, 0.25) is 0 Å². The zero-order valence-corrected chi connectivity index (χ0v) is 14.0. The molecule has 0 spiro atoms. The average Bonchev–Trinajstić information content (AvgIpc) is 3.01. The van der Waals surface area contributed by atoms with E-state index in [4.69, 9.17) is 9.47 Å². The number of halogens is 3. The Balaban J connectivity index is 1.61. The topological polar surface area (TPSA) is 48.7 Å². The first-order chi connectivity index (χ1) is 12.0. The van der Waals surface area contributed by atoms with E-state index < -0.39 is 11.7 Å². The second kappa shape index (κ2) is 7.22. The van der Waals surface area contributed by atoms with Gasteiger partial charge < -0.3 is 9.47 Å². The highest BCUT2D eigenvalue weighted by Crippen LogP contribution is 2.30. The van der Waals surface area contributed by atoms with Crippen LogP contribution in [0.4, 0.5) is 13.2 Å². The number of aromatic nitrogens is 3. The molecule has 132 valence electrons. The molecule has 0 aliphatic rings. The van der Waals surface area contributed by atoms with E-state index in [1.165, 1.54) is 22.2 Å². The first kappa shape index (κ1) is 17.4. The third kappa shape index (κ3) is 4.16. The lowest BCUT2D eigenvalue weighted by atomic mass is 10.3. The molecule has 0 N–H and O–H groups in total. The van der Waals surface area contributed by atoms with Crippen LogP contribution in [0.5, 0.6) is 11.5 Å². The van der Waals surface area contributed by atoms with E-state index in [1.807, 2.05) is 0 Å². The minimum atomic E-state index is -4.40. The van der Waals surface area contributed by atoms with Crippen LogP contribution in [0.15, 0.2) is 47.8 Å². The number of rotatable bonds is 6. The van der Waals surface area contributed by atoms with Crippen molar-refractivity contribution >= 4 is 17.4 Å². The second-order valence-corrected chi connectivity index (χ2v) is 6.06. The Morgan fingerprint density at radius 1 is 1.04 bits per heavy atom. The van der Waals surface area contributed by atoms with Crippen molar-refractivity contribution in [2.24, 2.45) is 0 Å². The summed E-state index contributed by atoms with van der Waals surface area (Å²) in [4.78, 5) is 0. The normalized spacial score (nSPS) is 11.7. The number of methoxy groups -OCH3 is 1. The molecule has 5 nitrogen and oxygen atoms in total. The minimum Gasteiger partial charge on any atom is -0.497 e. The Labute approximate surface area is 145 Å². The number of hydrogen-bond donors (Lipinski definition) is 0. The van der Waals surface area contributed by atoms with Crippen LogP contribution >= 0.6 is 11.8 Å². The summed E-state index contributed by atoms with van der Waals surface area (Å²) >= 11 is 1.28. The fraction of sp³-hybridized carbons (Fsp3) is 0.250. The zero-order chi connectivity index (χ0) is 17.9. The number of fused-ring (bicyclic) bond motifs is 1. The average molecular weight is 369 g/mol.